The molecular formula is C20H23N3O. The summed E-state index contributed by atoms with van der Waals surface area (Å²) in [5, 5.41) is 0. The predicted octanol–water partition coefficient (Wildman–Crippen LogP) is 2.66. The molecule has 0 radical (unpaired) electrons. The quantitative estimate of drug-likeness (QED) is 0.872. The monoisotopic (exact) mass is 321 g/mol. The number of rotatable bonds is 3. The minimum absolute atomic E-state index is 0.207. The van der Waals surface area contributed by atoms with E-state index in [1.165, 1.54) is 11.1 Å². The number of carbonyl (C=O) groups excluding carboxylic acids is 1. The number of pyridine rings is 1. The van der Waals surface area contributed by atoms with Gasteiger partial charge in [-0.25, -0.2) is 0 Å². The van der Waals surface area contributed by atoms with Gasteiger partial charge in [0, 0.05) is 45.6 Å². The Morgan fingerprint density at radius 1 is 1.12 bits per heavy atom. The molecule has 2 aliphatic rings. The van der Waals surface area contributed by atoms with E-state index in [4.69, 9.17) is 0 Å². The highest BCUT2D eigenvalue weighted by molar-refractivity contribution is 5.80. The van der Waals surface area contributed by atoms with Gasteiger partial charge in [-0.1, -0.05) is 30.3 Å². The van der Waals surface area contributed by atoms with Crippen molar-refractivity contribution in [3.63, 3.8) is 0 Å². The third-order valence-electron chi connectivity index (χ3n) is 5.40. The van der Waals surface area contributed by atoms with E-state index in [-0.39, 0.29) is 5.92 Å². The maximum atomic E-state index is 12.3. The fourth-order valence-electron chi connectivity index (χ4n) is 4.01. The second-order valence-corrected chi connectivity index (χ2v) is 7.05. The molecule has 0 bridgehead atoms. The third-order valence-corrected chi connectivity index (χ3v) is 5.40. The molecule has 1 aromatic heterocycles. The van der Waals surface area contributed by atoms with Gasteiger partial charge >= 0.3 is 0 Å². The van der Waals surface area contributed by atoms with Gasteiger partial charge in [-0.2, -0.15) is 0 Å². The van der Waals surface area contributed by atoms with Crippen LogP contribution in [-0.2, 0) is 11.3 Å². The molecular weight excluding hydrogens is 298 g/mol. The van der Waals surface area contributed by atoms with Gasteiger partial charge in [0.15, 0.2) is 0 Å². The van der Waals surface area contributed by atoms with Crippen LogP contribution in [0.5, 0.6) is 0 Å². The van der Waals surface area contributed by atoms with Crippen molar-refractivity contribution in [3.8, 4) is 11.1 Å². The first-order chi connectivity index (χ1) is 11.7. The molecule has 2 atom stereocenters. The lowest BCUT2D eigenvalue weighted by atomic mass is 9.88. The van der Waals surface area contributed by atoms with Crippen molar-refractivity contribution >= 4 is 5.91 Å². The molecule has 1 aromatic carbocycles. The topological polar surface area (TPSA) is 36.4 Å². The van der Waals surface area contributed by atoms with Crippen molar-refractivity contribution < 1.29 is 4.79 Å². The SMILES string of the molecule is CN1CC[C@@H]2CN(Cc3ccc(-c4cccnc4)cc3)C[C@@H]2C1=O. The summed E-state index contributed by atoms with van der Waals surface area (Å²) in [6.45, 7) is 3.79. The Labute approximate surface area is 143 Å². The van der Waals surface area contributed by atoms with Crippen molar-refractivity contribution in [3.05, 3.63) is 54.4 Å². The Balaban J connectivity index is 1.42. The lowest BCUT2D eigenvalue weighted by Gasteiger charge is -2.30. The lowest BCUT2D eigenvalue weighted by Crippen LogP contribution is -2.42. The normalized spacial score (nSPS) is 24.2. The maximum absolute atomic E-state index is 12.3. The molecule has 0 unspecified atom stereocenters. The second kappa shape index (κ2) is 6.36. The van der Waals surface area contributed by atoms with Crippen LogP contribution in [0, 0.1) is 11.8 Å². The summed E-state index contributed by atoms with van der Waals surface area (Å²) in [7, 11) is 1.93. The van der Waals surface area contributed by atoms with E-state index in [9.17, 15) is 4.79 Å². The van der Waals surface area contributed by atoms with Gasteiger partial charge in [-0.3, -0.25) is 14.7 Å². The van der Waals surface area contributed by atoms with Crippen molar-refractivity contribution in [1.29, 1.82) is 0 Å². The van der Waals surface area contributed by atoms with Crippen molar-refractivity contribution in [2.45, 2.75) is 13.0 Å². The van der Waals surface area contributed by atoms with Crippen LogP contribution in [0.4, 0.5) is 0 Å². The fourth-order valence-corrected chi connectivity index (χ4v) is 4.01. The molecule has 4 heteroatoms. The molecule has 4 rings (SSSR count). The number of hydrogen-bond acceptors (Lipinski definition) is 3. The largest absolute Gasteiger partial charge is 0.345 e. The molecule has 2 fully saturated rings. The minimum atomic E-state index is 0.207. The number of aromatic nitrogens is 1. The molecule has 0 N–H and O–H groups in total. The zero-order valence-electron chi connectivity index (χ0n) is 14.1. The summed E-state index contributed by atoms with van der Waals surface area (Å²) in [4.78, 5) is 20.8. The van der Waals surface area contributed by atoms with Crippen LogP contribution in [0.3, 0.4) is 0 Å². The molecule has 2 aromatic rings. The van der Waals surface area contributed by atoms with Crippen LogP contribution in [0.2, 0.25) is 0 Å². The van der Waals surface area contributed by atoms with Gasteiger partial charge < -0.3 is 4.90 Å². The summed E-state index contributed by atoms with van der Waals surface area (Å²) in [6, 6.07) is 12.7. The van der Waals surface area contributed by atoms with Crippen LogP contribution in [0.1, 0.15) is 12.0 Å². The van der Waals surface area contributed by atoms with E-state index in [2.05, 4.69) is 40.2 Å². The summed E-state index contributed by atoms with van der Waals surface area (Å²) in [5.74, 6) is 1.09. The Hall–Kier alpha value is -2.20. The number of hydrogen-bond donors (Lipinski definition) is 0. The van der Waals surface area contributed by atoms with Crippen LogP contribution >= 0.6 is 0 Å². The molecule has 2 saturated heterocycles. The average molecular weight is 321 g/mol. The Morgan fingerprint density at radius 3 is 2.71 bits per heavy atom. The van der Waals surface area contributed by atoms with E-state index in [1.807, 2.05) is 24.2 Å². The smallest absolute Gasteiger partial charge is 0.227 e. The highest BCUT2D eigenvalue weighted by atomic mass is 16.2. The van der Waals surface area contributed by atoms with Crippen LogP contribution < -0.4 is 0 Å². The van der Waals surface area contributed by atoms with E-state index in [0.29, 0.717) is 11.8 Å². The summed E-state index contributed by atoms with van der Waals surface area (Å²) in [6.07, 6.45) is 4.83. The van der Waals surface area contributed by atoms with Crippen LogP contribution in [0.25, 0.3) is 11.1 Å². The first kappa shape index (κ1) is 15.3. The number of fused-ring (bicyclic) bond motifs is 1. The summed E-state index contributed by atoms with van der Waals surface area (Å²) >= 11 is 0. The number of amides is 1. The van der Waals surface area contributed by atoms with Gasteiger partial charge in [0.1, 0.15) is 0 Å². The molecule has 24 heavy (non-hydrogen) atoms. The molecule has 0 spiro atoms. The fraction of sp³-hybridized carbons (Fsp3) is 0.400. The zero-order valence-corrected chi connectivity index (χ0v) is 14.1. The Morgan fingerprint density at radius 2 is 1.96 bits per heavy atom. The molecule has 2 aliphatic heterocycles. The van der Waals surface area contributed by atoms with Gasteiger partial charge in [0.05, 0.1) is 5.92 Å². The number of nitrogens with zero attached hydrogens (tertiary/aromatic N) is 3. The zero-order chi connectivity index (χ0) is 16.5. The predicted molar refractivity (Wildman–Crippen MR) is 94.2 cm³/mol. The van der Waals surface area contributed by atoms with Crippen LogP contribution in [-0.4, -0.2) is 47.4 Å². The summed E-state index contributed by atoms with van der Waals surface area (Å²) in [5.41, 5.74) is 3.64. The average Bonchev–Trinajstić information content (AvgIpc) is 3.03. The highest BCUT2D eigenvalue weighted by Crippen LogP contribution is 2.32. The standard InChI is InChI=1S/C20H23N3O/c1-22-10-8-18-13-23(14-19(18)20(22)24)12-15-4-6-16(7-5-15)17-3-2-9-21-11-17/h2-7,9,11,18-19H,8,10,12-14H2,1H3/t18-,19+/m1/s1. The van der Waals surface area contributed by atoms with Gasteiger partial charge in [-0.15, -0.1) is 0 Å². The van der Waals surface area contributed by atoms with Gasteiger partial charge in [0.25, 0.3) is 0 Å². The molecule has 4 nitrogen and oxygen atoms in total. The molecule has 124 valence electrons. The lowest BCUT2D eigenvalue weighted by molar-refractivity contribution is -0.137. The molecule has 0 aliphatic carbocycles. The van der Waals surface area contributed by atoms with Crippen molar-refractivity contribution in [2.24, 2.45) is 11.8 Å². The number of likely N-dealkylation sites (tertiary alicyclic amines) is 2. The van der Waals surface area contributed by atoms with E-state index in [1.54, 1.807) is 6.20 Å². The first-order valence-electron chi connectivity index (χ1n) is 8.67. The second-order valence-electron chi connectivity index (χ2n) is 7.05. The van der Waals surface area contributed by atoms with Gasteiger partial charge in [0.2, 0.25) is 5.91 Å². The highest BCUT2D eigenvalue weighted by Gasteiger charge is 2.41. The van der Waals surface area contributed by atoms with E-state index >= 15 is 0 Å². The Bertz CT molecular complexity index is 713. The van der Waals surface area contributed by atoms with E-state index < -0.39 is 0 Å². The van der Waals surface area contributed by atoms with E-state index in [0.717, 1.165) is 38.2 Å². The third kappa shape index (κ3) is 2.94. The number of benzene rings is 1. The first-order valence-corrected chi connectivity index (χ1v) is 8.67. The molecule has 1 amide bonds. The summed E-state index contributed by atoms with van der Waals surface area (Å²) < 4.78 is 0. The Kier molecular flexibility index (Phi) is 4.07. The molecule has 3 heterocycles. The maximum Gasteiger partial charge on any atom is 0.227 e. The number of piperidine rings is 1. The van der Waals surface area contributed by atoms with Gasteiger partial charge in [-0.05, 0) is 35.1 Å². The van der Waals surface area contributed by atoms with Crippen molar-refractivity contribution in [2.75, 3.05) is 26.7 Å². The molecule has 0 saturated carbocycles. The van der Waals surface area contributed by atoms with Crippen molar-refractivity contribution in [1.82, 2.24) is 14.8 Å². The minimum Gasteiger partial charge on any atom is -0.345 e. The number of carbonyl (C=O) groups is 1. The van der Waals surface area contributed by atoms with Crippen LogP contribution in [0.15, 0.2) is 48.8 Å².